The average Bonchev–Trinajstić information content (AvgIpc) is 2.81. The number of H-pyrrole nitrogens is 1. The number of para-hydroxylation sites is 1. The van der Waals surface area contributed by atoms with Crippen molar-refractivity contribution in [2.24, 2.45) is 0 Å². The summed E-state index contributed by atoms with van der Waals surface area (Å²) in [6.07, 6.45) is 0.902. The third kappa shape index (κ3) is 2.00. The SMILES string of the molecule is CN1CCc2[nH]nc(-c3ccccc3[N+](=O)[O-])c2C1. The van der Waals surface area contributed by atoms with Crippen molar-refractivity contribution < 1.29 is 4.92 Å². The summed E-state index contributed by atoms with van der Waals surface area (Å²) >= 11 is 0. The lowest BCUT2D eigenvalue weighted by Crippen LogP contribution is -2.26. The molecule has 0 amide bonds. The van der Waals surface area contributed by atoms with Crippen LogP contribution in [0.25, 0.3) is 11.3 Å². The molecule has 1 aromatic heterocycles. The monoisotopic (exact) mass is 258 g/mol. The number of hydrogen-bond acceptors (Lipinski definition) is 4. The molecule has 1 N–H and O–H groups in total. The van der Waals surface area contributed by atoms with Gasteiger partial charge in [0, 0.05) is 36.8 Å². The van der Waals surface area contributed by atoms with Crippen LogP contribution in [0.3, 0.4) is 0 Å². The molecule has 0 saturated heterocycles. The minimum Gasteiger partial charge on any atom is -0.302 e. The van der Waals surface area contributed by atoms with E-state index in [1.54, 1.807) is 18.2 Å². The molecule has 1 aromatic carbocycles. The van der Waals surface area contributed by atoms with Crippen molar-refractivity contribution >= 4 is 5.69 Å². The Morgan fingerprint density at radius 1 is 1.42 bits per heavy atom. The van der Waals surface area contributed by atoms with Gasteiger partial charge in [-0.2, -0.15) is 5.10 Å². The Balaban J connectivity index is 2.13. The quantitative estimate of drug-likeness (QED) is 0.660. The maximum atomic E-state index is 11.1. The van der Waals surface area contributed by atoms with Gasteiger partial charge in [-0.1, -0.05) is 12.1 Å². The van der Waals surface area contributed by atoms with Gasteiger partial charge in [0.1, 0.15) is 5.69 Å². The number of likely N-dealkylation sites (N-methyl/N-ethyl adjacent to an activating group) is 1. The number of hydrogen-bond donors (Lipinski definition) is 1. The highest BCUT2D eigenvalue weighted by atomic mass is 16.6. The number of nitro benzene ring substituents is 1. The van der Waals surface area contributed by atoms with Crippen LogP contribution in [0.5, 0.6) is 0 Å². The first-order valence-electron chi connectivity index (χ1n) is 6.15. The van der Waals surface area contributed by atoms with Crippen molar-refractivity contribution in [1.82, 2.24) is 15.1 Å². The van der Waals surface area contributed by atoms with Crippen molar-refractivity contribution in [1.29, 1.82) is 0 Å². The first-order valence-corrected chi connectivity index (χ1v) is 6.15. The number of nitrogens with one attached hydrogen (secondary N) is 1. The lowest BCUT2D eigenvalue weighted by atomic mass is 10.0. The van der Waals surface area contributed by atoms with Gasteiger partial charge in [-0.05, 0) is 13.1 Å². The summed E-state index contributed by atoms with van der Waals surface area (Å²) in [5, 5.41) is 18.4. The molecule has 1 aliphatic heterocycles. The van der Waals surface area contributed by atoms with Gasteiger partial charge in [0.2, 0.25) is 0 Å². The van der Waals surface area contributed by atoms with Crippen LogP contribution in [0.15, 0.2) is 24.3 Å². The Bertz CT molecular complexity index is 635. The number of nitro groups is 1. The van der Waals surface area contributed by atoms with E-state index >= 15 is 0 Å². The summed E-state index contributed by atoms with van der Waals surface area (Å²) in [4.78, 5) is 12.9. The summed E-state index contributed by atoms with van der Waals surface area (Å²) in [5.74, 6) is 0. The second kappa shape index (κ2) is 4.47. The smallest absolute Gasteiger partial charge is 0.278 e. The summed E-state index contributed by atoms with van der Waals surface area (Å²) in [6, 6.07) is 6.74. The Morgan fingerprint density at radius 2 is 2.21 bits per heavy atom. The number of rotatable bonds is 2. The molecule has 3 rings (SSSR count). The number of nitrogens with zero attached hydrogens (tertiary/aromatic N) is 3. The Labute approximate surface area is 110 Å². The Hall–Kier alpha value is -2.21. The molecule has 0 radical (unpaired) electrons. The molecule has 6 nitrogen and oxygen atoms in total. The van der Waals surface area contributed by atoms with Gasteiger partial charge in [-0.25, -0.2) is 0 Å². The van der Waals surface area contributed by atoms with E-state index in [-0.39, 0.29) is 10.6 Å². The molecule has 2 aromatic rings. The lowest BCUT2D eigenvalue weighted by Gasteiger charge is -2.22. The molecule has 0 spiro atoms. The molecule has 0 fully saturated rings. The zero-order valence-corrected chi connectivity index (χ0v) is 10.6. The zero-order chi connectivity index (χ0) is 13.4. The van der Waals surface area contributed by atoms with E-state index < -0.39 is 0 Å². The topological polar surface area (TPSA) is 75.1 Å². The van der Waals surface area contributed by atoms with Gasteiger partial charge < -0.3 is 4.90 Å². The van der Waals surface area contributed by atoms with E-state index in [0.717, 1.165) is 30.8 Å². The van der Waals surface area contributed by atoms with Gasteiger partial charge in [0.05, 0.1) is 10.5 Å². The summed E-state index contributed by atoms with van der Waals surface area (Å²) in [7, 11) is 2.04. The first-order chi connectivity index (χ1) is 9.16. The standard InChI is InChI=1S/C13H14N4O2/c1-16-7-6-11-10(8-16)13(15-14-11)9-4-2-3-5-12(9)17(18)19/h2-5H,6-8H2,1H3,(H,14,15). The third-order valence-electron chi connectivity index (χ3n) is 3.48. The molecule has 0 saturated carbocycles. The minimum absolute atomic E-state index is 0.102. The average molecular weight is 258 g/mol. The fraction of sp³-hybridized carbons (Fsp3) is 0.308. The Morgan fingerprint density at radius 3 is 3.00 bits per heavy atom. The Kier molecular flexibility index (Phi) is 2.79. The van der Waals surface area contributed by atoms with Gasteiger partial charge in [-0.15, -0.1) is 0 Å². The molecule has 6 heteroatoms. The molecule has 2 heterocycles. The number of fused-ring (bicyclic) bond motifs is 1. The predicted molar refractivity (Wildman–Crippen MR) is 70.7 cm³/mol. The molecule has 0 bridgehead atoms. The van der Waals surface area contributed by atoms with Crippen LogP contribution in [-0.4, -0.2) is 33.6 Å². The van der Waals surface area contributed by atoms with Crippen LogP contribution in [0.4, 0.5) is 5.69 Å². The van der Waals surface area contributed by atoms with E-state index in [2.05, 4.69) is 15.1 Å². The second-order valence-electron chi connectivity index (χ2n) is 4.79. The largest absolute Gasteiger partial charge is 0.302 e. The molecular formula is C13H14N4O2. The van der Waals surface area contributed by atoms with Crippen LogP contribution >= 0.6 is 0 Å². The van der Waals surface area contributed by atoms with Crippen molar-refractivity contribution in [3.63, 3.8) is 0 Å². The highest BCUT2D eigenvalue weighted by Gasteiger charge is 2.24. The van der Waals surface area contributed by atoms with Crippen LogP contribution in [-0.2, 0) is 13.0 Å². The van der Waals surface area contributed by atoms with Crippen LogP contribution in [0.1, 0.15) is 11.3 Å². The molecule has 19 heavy (non-hydrogen) atoms. The van der Waals surface area contributed by atoms with Crippen molar-refractivity contribution in [3.05, 3.63) is 45.6 Å². The lowest BCUT2D eigenvalue weighted by molar-refractivity contribution is -0.384. The summed E-state index contributed by atoms with van der Waals surface area (Å²) in [6.45, 7) is 1.75. The molecule has 0 unspecified atom stereocenters. The minimum atomic E-state index is -0.358. The molecule has 98 valence electrons. The van der Waals surface area contributed by atoms with Gasteiger partial charge in [-0.3, -0.25) is 15.2 Å². The fourth-order valence-corrected chi connectivity index (χ4v) is 2.49. The number of benzene rings is 1. The summed E-state index contributed by atoms with van der Waals surface area (Å²) < 4.78 is 0. The highest BCUT2D eigenvalue weighted by molar-refractivity contribution is 5.73. The van der Waals surface area contributed by atoms with Crippen molar-refractivity contribution in [3.8, 4) is 11.3 Å². The van der Waals surface area contributed by atoms with Crippen LogP contribution in [0, 0.1) is 10.1 Å². The first kappa shape index (κ1) is 11.9. The maximum Gasteiger partial charge on any atom is 0.278 e. The van der Waals surface area contributed by atoms with Gasteiger partial charge >= 0.3 is 0 Å². The molecule has 1 aliphatic rings. The molecule has 0 atom stereocenters. The van der Waals surface area contributed by atoms with Crippen LogP contribution in [0.2, 0.25) is 0 Å². The van der Waals surface area contributed by atoms with Gasteiger partial charge in [0.15, 0.2) is 0 Å². The van der Waals surface area contributed by atoms with E-state index in [1.165, 1.54) is 6.07 Å². The van der Waals surface area contributed by atoms with Crippen LogP contribution < -0.4 is 0 Å². The predicted octanol–water partition coefficient (Wildman–Crippen LogP) is 1.97. The second-order valence-corrected chi connectivity index (χ2v) is 4.79. The number of aromatic nitrogens is 2. The van der Waals surface area contributed by atoms with E-state index in [9.17, 15) is 10.1 Å². The van der Waals surface area contributed by atoms with E-state index in [0.29, 0.717) is 11.3 Å². The third-order valence-corrected chi connectivity index (χ3v) is 3.48. The van der Waals surface area contributed by atoms with Crippen molar-refractivity contribution in [2.45, 2.75) is 13.0 Å². The maximum absolute atomic E-state index is 11.1. The van der Waals surface area contributed by atoms with Gasteiger partial charge in [0.25, 0.3) is 5.69 Å². The fourth-order valence-electron chi connectivity index (χ4n) is 2.49. The zero-order valence-electron chi connectivity index (χ0n) is 10.6. The molecule has 0 aliphatic carbocycles. The normalized spacial score (nSPS) is 15.2. The number of aromatic amines is 1. The molecular weight excluding hydrogens is 244 g/mol. The summed E-state index contributed by atoms with van der Waals surface area (Å²) in [5.41, 5.74) is 3.55. The van der Waals surface area contributed by atoms with E-state index in [4.69, 9.17) is 0 Å². The van der Waals surface area contributed by atoms with Crippen molar-refractivity contribution in [2.75, 3.05) is 13.6 Å². The van der Waals surface area contributed by atoms with E-state index in [1.807, 2.05) is 7.05 Å². The highest BCUT2D eigenvalue weighted by Crippen LogP contribution is 2.33.